The molecule has 0 fully saturated rings. The van der Waals surface area contributed by atoms with Gasteiger partial charge >= 0.3 is 0 Å². The van der Waals surface area contributed by atoms with Crippen LogP contribution in [0.1, 0.15) is 12.0 Å². The Morgan fingerprint density at radius 1 is 1.44 bits per heavy atom. The summed E-state index contributed by atoms with van der Waals surface area (Å²) >= 11 is 3.40. The maximum absolute atomic E-state index is 9.29. The Labute approximate surface area is 105 Å². The van der Waals surface area contributed by atoms with Crippen LogP contribution in [0.25, 0.3) is 0 Å². The number of halogens is 1. The van der Waals surface area contributed by atoms with Crippen molar-refractivity contribution in [3.63, 3.8) is 0 Å². The lowest BCUT2D eigenvalue weighted by molar-refractivity contribution is 0.196. The minimum atomic E-state index is 0.0589. The number of benzene rings is 1. The number of methoxy groups -OCH3 is 1. The van der Waals surface area contributed by atoms with Gasteiger partial charge in [0.1, 0.15) is 0 Å². The number of ether oxygens (including phenoxy) is 1. The predicted octanol–water partition coefficient (Wildman–Crippen LogP) is 2.41. The Bertz CT molecular complexity index is 331. The highest BCUT2D eigenvalue weighted by molar-refractivity contribution is 9.10. The van der Waals surface area contributed by atoms with Crippen molar-refractivity contribution in [3.8, 4) is 0 Å². The first-order valence-electron chi connectivity index (χ1n) is 5.28. The zero-order valence-corrected chi connectivity index (χ0v) is 11.3. The summed E-state index contributed by atoms with van der Waals surface area (Å²) in [5.41, 5.74) is 2.01. The number of rotatable bonds is 6. The van der Waals surface area contributed by atoms with Gasteiger partial charge in [-0.2, -0.15) is 0 Å². The van der Waals surface area contributed by atoms with Crippen molar-refractivity contribution in [1.82, 2.24) is 0 Å². The summed E-state index contributed by atoms with van der Waals surface area (Å²) in [7, 11) is 3.73. The lowest BCUT2D eigenvalue weighted by atomic mass is 10.1. The maximum Gasteiger partial charge on any atom is 0.0702 e. The van der Waals surface area contributed by atoms with Crippen LogP contribution in [0.15, 0.2) is 22.7 Å². The molecule has 1 aromatic rings. The summed E-state index contributed by atoms with van der Waals surface area (Å²) in [6.07, 6.45) is 0.980. The predicted molar refractivity (Wildman–Crippen MR) is 69.8 cm³/mol. The van der Waals surface area contributed by atoms with Crippen LogP contribution in [0.2, 0.25) is 0 Å². The zero-order valence-electron chi connectivity index (χ0n) is 9.74. The Morgan fingerprint density at radius 2 is 2.19 bits per heavy atom. The minimum absolute atomic E-state index is 0.0589. The first-order chi connectivity index (χ1) is 7.69. The molecule has 0 aromatic heterocycles. The number of aliphatic hydroxyl groups excluding tert-OH is 1. The molecule has 0 unspecified atom stereocenters. The third-order valence-corrected chi connectivity index (χ3v) is 2.96. The molecule has 1 rings (SSSR count). The van der Waals surface area contributed by atoms with Gasteiger partial charge in [-0.25, -0.2) is 0 Å². The standard InChI is InChI=1S/C12H18BrNO2/c1-14(6-3-7-16-2)12-5-4-11(13)8-10(12)9-15/h4-5,8,15H,3,6-7,9H2,1-2H3. The minimum Gasteiger partial charge on any atom is -0.392 e. The molecule has 1 N–H and O–H groups in total. The molecule has 0 aliphatic heterocycles. The van der Waals surface area contributed by atoms with E-state index in [1.165, 1.54) is 0 Å². The molecule has 0 saturated carbocycles. The summed E-state index contributed by atoms with van der Waals surface area (Å²) in [6, 6.07) is 5.95. The first kappa shape index (κ1) is 13.5. The molecular formula is C12H18BrNO2. The maximum atomic E-state index is 9.29. The third kappa shape index (κ3) is 3.77. The van der Waals surface area contributed by atoms with Crippen molar-refractivity contribution in [2.75, 3.05) is 32.2 Å². The van der Waals surface area contributed by atoms with Gasteiger partial charge < -0.3 is 14.7 Å². The molecule has 1 aromatic carbocycles. The fraction of sp³-hybridized carbons (Fsp3) is 0.500. The van der Waals surface area contributed by atoms with E-state index in [1.807, 2.05) is 25.2 Å². The fourth-order valence-electron chi connectivity index (χ4n) is 1.62. The van der Waals surface area contributed by atoms with E-state index in [4.69, 9.17) is 4.74 Å². The van der Waals surface area contributed by atoms with Crippen molar-refractivity contribution in [2.24, 2.45) is 0 Å². The quantitative estimate of drug-likeness (QED) is 0.816. The molecule has 0 spiro atoms. The van der Waals surface area contributed by atoms with Crippen molar-refractivity contribution >= 4 is 21.6 Å². The second-order valence-corrected chi connectivity index (χ2v) is 4.61. The number of hydrogen-bond donors (Lipinski definition) is 1. The van der Waals surface area contributed by atoms with Gasteiger partial charge in [-0.15, -0.1) is 0 Å². The molecule has 0 atom stereocenters. The second kappa shape index (κ2) is 6.89. The highest BCUT2D eigenvalue weighted by Gasteiger charge is 2.06. The van der Waals surface area contributed by atoms with E-state index in [-0.39, 0.29) is 6.61 Å². The van der Waals surface area contributed by atoms with Gasteiger partial charge in [0.2, 0.25) is 0 Å². The molecule has 0 saturated heterocycles. The monoisotopic (exact) mass is 287 g/mol. The molecule has 0 amide bonds. The molecule has 0 heterocycles. The lowest BCUT2D eigenvalue weighted by Crippen LogP contribution is -2.21. The smallest absolute Gasteiger partial charge is 0.0702 e. The molecule has 0 bridgehead atoms. The van der Waals surface area contributed by atoms with Crippen molar-refractivity contribution in [1.29, 1.82) is 0 Å². The molecule has 3 nitrogen and oxygen atoms in total. The van der Waals surface area contributed by atoms with Crippen LogP contribution in [-0.4, -0.2) is 32.4 Å². The first-order valence-corrected chi connectivity index (χ1v) is 6.07. The van der Waals surface area contributed by atoms with E-state index in [0.717, 1.165) is 35.3 Å². The number of aliphatic hydroxyl groups is 1. The van der Waals surface area contributed by atoms with Crippen LogP contribution in [0.4, 0.5) is 5.69 Å². The third-order valence-electron chi connectivity index (χ3n) is 2.47. The summed E-state index contributed by atoms with van der Waals surface area (Å²) in [6.45, 7) is 1.74. The van der Waals surface area contributed by atoms with Crippen molar-refractivity contribution in [2.45, 2.75) is 13.0 Å². The largest absolute Gasteiger partial charge is 0.392 e. The highest BCUT2D eigenvalue weighted by Crippen LogP contribution is 2.23. The molecular weight excluding hydrogens is 270 g/mol. The summed E-state index contributed by atoms with van der Waals surface area (Å²) in [5.74, 6) is 0. The van der Waals surface area contributed by atoms with Crippen molar-refractivity contribution in [3.05, 3.63) is 28.2 Å². The highest BCUT2D eigenvalue weighted by atomic mass is 79.9. The van der Waals surface area contributed by atoms with Gasteiger partial charge in [-0.1, -0.05) is 15.9 Å². The van der Waals surface area contributed by atoms with Crippen LogP contribution in [0, 0.1) is 0 Å². The van der Waals surface area contributed by atoms with Crippen LogP contribution in [-0.2, 0) is 11.3 Å². The molecule has 90 valence electrons. The van der Waals surface area contributed by atoms with Crippen LogP contribution < -0.4 is 4.90 Å². The summed E-state index contributed by atoms with van der Waals surface area (Å²) in [4.78, 5) is 2.14. The van der Waals surface area contributed by atoms with Gasteiger partial charge in [0.15, 0.2) is 0 Å². The van der Waals surface area contributed by atoms with E-state index in [9.17, 15) is 5.11 Å². The molecule has 4 heteroatoms. The fourth-order valence-corrected chi connectivity index (χ4v) is 2.03. The van der Waals surface area contributed by atoms with E-state index in [1.54, 1.807) is 7.11 Å². The van der Waals surface area contributed by atoms with Gasteiger partial charge in [-0.3, -0.25) is 0 Å². The van der Waals surface area contributed by atoms with E-state index < -0.39 is 0 Å². The lowest BCUT2D eigenvalue weighted by Gasteiger charge is -2.22. The Kier molecular flexibility index (Phi) is 5.80. The normalized spacial score (nSPS) is 10.5. The van der Waals surface area contributed by atoms with E-state index in [0.29, 0.717) is 0 Å². The van der Waals surface area contributed by atoms with Gasteiger partial charge in [0.05, 0.1) is 6.61 Å². The Hall–Kier alpha value is -0.580. The molecule has 0 radical (unpaired) electrons. The van der Waals surface area contributed by atoms with E-state index >= 15 is 0 Å². The number of nitrogens with zero attached hydrogens (tertiary/aromatic N) is 1. The topological polar surface area (TPSA) is 32.7 Å². The zero-order chi connectivity index (χ0) is 12.0. The SMILES string of the molecule is COCCCN(C)c1ccc(Br)cc1CO. The van der Waals surface area contributed by atoms with Crippen LogP contribution in [0.5, 0.6) is 0 Å². The average Bonchev–Trinajstić information content (AvgIpc) is 2.29. The number of hydrogen-bond acceptors (Lipinski definition) is 3. The average molecular weight is 288 g/mol. The van der Waals surface area contributed by atoms with Gasteiger partial charge in [0.25, 0.3) is 0 Å². The van der Waals surface area contributed by atoms with Crippen LogP contribution in [0.3, 0.4) is 0 Å². The van der Waals surface area contributed by atoms with E-state index in [2.05, 4.69) is 20.8 Å². The van der Waals surface area contributed by atoms with Crippen LogP contribution >= 0.6 is 15.9 Å². The molecule has 0 aliphatic carbocycles. The Morgan fingerprint density at radius 3 is 2.81 bits per heavy atom. The van der Waals surface area contributed by atoms with Crippen molar-refractivity contribution < 1.29 is 9.84 Å². The van der Waals surface area contributed by atoms with Gasteiger partial charge in [0, 0.05) is 43.0 Å². The second-order valence-electron chi connectivity index (χ2n) is 3.70. The molecule has 0 aliphatic rings. The molecule has 16 heavy (non-hydrogen) atoms. The summed E-state index contributed by atoms with van der Waals surface area (Å²) < 4.78 is 6.01. The number of anilines is 1. The summed E-state index contributed by atoms with van der Waals surface area (Å²) in [5, 5.41) is 9.29. The van der Waals surface area contributed by atoms with Gasteiger partial charge in [-0.05, 0) is 24.6 Å². The Balaban J connectivity index is 2.70.